The first-order valence-corrected chi connectivity index (χ1v) is 20.0. The topological polar surface area (TPSA) is 63.6 Å². The van der Waals surface area contributed by atoms with Crippen LogP contribution in [0.3, 0.4) is 0 Å². The van der Waals surface area contributed by atoms with E-state index in [1.54, 1.807) is 0 Å². The molecule has 0 heterocycles. The van der Waals surface area contributed by atoms with Gasteiger partial charge in [-0.25, -0.2) is 0 Å². The Morgan fingerprint density at radius 2 is 0.870 bits per heavy atom. The molecular weight excluding hydrogens is 568 g/mol. The number of hydrogen-bond acceptors (Lipinski definition) is 3. The summed E-state index contributed by atoms with van der Waals surface area (Å²) in [7, 11) is 0. The van der Waals surface area contributed by atoms with E-state index in [9.17, 15) is 9.59 Å². The van der Waals surface area contributed by atoms with E-state index in [0.717, 1.165) is 77.0 Å². The molecule has 1 unspecified atom stereocenters. The first kappa shape index (κ1) is 44.2. The molecule has 4 heteroatoms. The van der Waals surface area contributed by atoms with Gasteiger partial charge in [-0.05, 0) is 89.9 Å². The molecule has 0 fully saturated rings. The lowest BCUT2D eigenvalue weighted by molar-refractivity contribution is -0.150. The number of unbranched alkanes of at least 4 members (excludes halogenated alkanes) is 21. The monoisotopic (exact) mass is 645 g/mol. The molecule has 0 aliphatic heterocycles. The predicted octanol–water partition coefficient (Wildman–Crippen LogP) is 13.8. The third-order valence-corrected chi connectivity index (χ3v) is 8.83. The van der Waals surface area contributed by atoms with Gasteiger partial charge in [-0.2, -0.15) is 0 Å². The molecule has 0 spiro atoms. The van der Waals surface area contributed by atoms with E-state index in [2.05, 4.69) is 50.3 Å². The number of carboxylic acid groups (broad SMARTS) is 1. The molecule has 0 aliphatic rings. The molecule has 0 aromatic heterocycles. The van der Waals surface area contributed by atoms with Crippen molar-refractivity contribution in [1.29, 1.82) is 0 Å². The number of hydrogen-bond donors (Lipinski definition) is 1. The van der Waals surface area contributed by atoms with Crippen molar-refractivity contribution in [2.45, 2.75) is 219 Å². The van der Waals surface area contributed by atoms with Crippen molar-refractivity contribution in [2.24, 2.45) is 0 Å². The highest BCUT2D eigenvalue weighted by molar-refractivity contribution is 5.69. The van der Waals surface area contributed by atoms with Crippen LogP contribution in [0.2, 0.25) is 0 Å². The Morgan fingerprint density at radius 3 is 1.43 bits per heavy atom. The Morgan fingerprint density at radius 1 is 0.478 bits per heavy atom. The Hall–Kier alpha value is -1.84. The van der Waals surface area contributed by atoms with Crippen LogP contribution < -0.4 is 0 Å². The largest absolute Gasteiger partial charge is 0.481 e. The van der Waals surface area contributed by atoms with Gasteiger partial charge in [-0.1, -0.05) is 147 Å². The van der Waals surface area contributed by atoms with Gasteiger partial charge in [0.05, 0.1) is 0 Å². The molecule has 0 aromatic carbocycles. The SMILES string of the molecule is CCCCC/C=C\C/C=C\CCCC(CCCCCCCC(=O)O)OC(=O)CCCCCCCCC/C=C\CCCCCCCC. The number of allylic oxidation sites excluding steroid dienone is 6. The summed E-state index contributed by atoms with van der Waals surface area (Å²) in [5.41, 5.74) is 0. The lowest BCUT2D eigenvalue weighted by atomic mass is 10.0. The van der Waals surface area contributed by atoms with Crippen molar-refractivity contribution in [2.75, 3.05) is 0 Å². The summed E-state index contributed by atoms with van der Waals surface area (Å²) in [4.78, 5) is 23.4. The number of ether oxygens (including phenoxy) is 1. The summed E-state index contributed by atoms with van der Waals surface area (Å²) >= 11 is 0. The maximum absolute atomic E-state index is 12.6. The molecule has 4 nitrogen and oxygen atoms in total. The van der Waals surface area contributed by atoms with Gasteiger partial charge >= 0.3 is 11.9 Å². The minimum Gasteiger partial charge on any atom is -0.481 e. The number of rotatable bonds is 36. The zero-order valence-electron chi connectivity index (χ0n) is 30.6. The standard InChI is InChI=1S/C42H76O4/c1-3-5-7-9-11-13-15-16-17-18-19-20-22-24-26-31-35-39-42(45)46-40(37-33-29-27-30-34-38-41(43)44)36-32-28-25-23-21-14-12-10-8-6-4-2/h12,14,16-17,23,25,40H,3-11,13,15,18-22,24,26-39H2,1-2H3,(H,43,44)/b14-12-,17-16-,25-23-. The van der Waals surface area contributed by atoms with Crippen LogP contribution in [0.25, 0.3) is 0 Å². The molecule has 0 aromatic rings. The quantitative estimate of drug-likeness (QED) is 0.0419. The van der Waals surface area contributed by atoms with E-state index >= 15 is 0 Å². The minimum atomic E-state index is -0.707. The first-order chi connectivity index (χ1) is 22.6. The highest BCUT2D eigenvalue weighted by Gasteiger charge is 2.14. The maximum atomic E-state index is 12.6. The molecule has 0 saturated carbocycles. The Kier molecular flexibility index (Phi) is 36.1. The summed E-state index contributed by atoms with van der Waals surface area (Å²) in [6.45, 7) is 4.51. The minimum absolute atomic E-state index is 0.0122. The molecule has 0 bridgehead atoms. The number of carboxylic acids is 1. The van der Waals surface area contributed by atoms with E-state index in [4.69, 9.17) is 9.84 Å². The molecule has 1 atom stereocenters. The van der Waals surface area contributed by atoms with Gasteiger partial charge in [0.2, 0.25) is 0 Å². The second kappa shape index (κ2) is 37.6. The van der Waals surface area contributed by atoms with Crippen LogP contribution in [-0.4, -0.2) is 23.1 Å². The summed E-state index contributed by atoms with van der Waals surface area (Å²) in [5, 5.41) is 8.81. The predicted molar refractivity (Wildman–Crippen MR) is 199 cm³/mol. The highest BCUT2D eigenvalue weighted by atomic mass is 16.5. The van der Waals surface area contributed by atoms with E-state index < -0.39 is 5.97 Å². The molecule has 46 heavy (non-hydrogen) atoms. The summed E-state index contributed by atoms with van der Waals surface area (Å²) in [6.07, 6.45) is 48.8. The third kappa shape index (κ3) is 36.6. The molecule has 0 rings (SSSR count). The number of carbonyl (C=O) groups is 2. The molecule has 0 radical (unpaired) electrons. The molecule has 0 saturated heterocycles. The van der Waals surface area contributed by atoms with Crippen molar-refractivity contribution >= 4 is 11.9 Å². The number of esters is 1. The lowest BCUT2D eigenvalue weighted by Crippen LogP contribution is -2.18. The maximum Gasteiger partial charge on any atom is 0.306 e. The van der Waals surface area contributed by atoms with Gasteiger partial charge in [0, 0.05) is 12.8 Å². The third-order valence-electron chi connectivity index (χ3n) is 8.83. The zero-order valence-corrected chi connectivity index (χ0v) is 30.6. The summed E-state index contributed by atoms with van der Waals surface area (Å²) < 4.78 is 5.97. The van der Waals surface area contributed by atoms with E-state index in [-0.39, 0.29) is 18.5 Å². The lowest BCUT2D eigenvalue weighted by Gasteiger charge is -2.18. The van der Waals surface area contributed by atoms with E-state index in [0.29, 0.717) is 6.42 Å². The molecular formula is C42H76O4. The fourth-order valence-electron chi connectivity index (χ4n) is 5.86. The van der Waals surface area contributed by atoms with E-state index in [1.807, 2.05) is 0 Å². The normalized spacial score (nSPS) is 12.6. The van der Waals surface area contributed by atoms with Crippen LogP contribution in [0.1, 0.15) is 213 Å². The molecule has 268 valence electrons. The highest BCUT2D eigenvalue weighted by Crippen LogP contribution is 2.18. The molecule has 1 N–H and O–H groups in total. The zero-order chi connectivity index (χ0) is 33.6. The van der Waals surface area contributed by atoms with Gasteiger partial charge in [0.1, 0.15) is 6.10 Å². The van der Waals surface area contributed by atoms with Crippen LogP contribution in [0.15, 0.2) is 36.5 Å². The summed E-state index contributed by atoms with van der Waals surface area (Å²) in [6, 6.07) is 0. The average molecular weight is 645 g/mol. The number of aliphatic carboxylic acids is 1. The second-order valence-corrected chi connectivity index (χ2v) is 13.5. The molecule has 0 aliphatic carbocycles. The van der Waals surface area contributed by atoms with Gasteiger partial charge in [0.15, 0.2) is 0 Å². The fraction of sp³-hybridized carbons (Fsp3) is 0.810. The van der Waals surface area contributed by atoms with Crippen molar-refractivity contribution in [1.82, 2.24) is 0 Å². The van der Waals surface area contributed by atoms with Gasteiger partial charge < -0.3 is 9.84 Å². The van der Waals surface area contributed by atoms with Gasteiger partial charge in [-0.3, -0.25) is 9.59 Å². The van der Waals surface area contributed by atoms with Crippen LogP contribution in [0.4, 0.5) is 0 Å². The van der Waals surface area contributed by atoms with Crippen molar-refractivity contribution in [3.8, 4) is 0 Å². The molecule has 0 amide bonds. The van der Waals surface area contributed by atoms with Crippen LogP contribution >= 0.6 is 0 Å². The van der Waals surface area contributed by atoms with E-state index in [1.165, 1.54) is 109 Å². The Bertz CT molecular complexity index is 738. The van der Waals surface area contributed by atoms with Crippen LogP contribution in [-0.2, 0) is 14.3 Å². The second-order valence-electron chi connectivity index (χ2n) is 13.5. The summed E-state index contributed by atoms with van der Waals surface area (Å²) in [5.74, 6) is -0.732. The van der Waals surface area contributed by atoms with Gasteiger partial charge in [-0.15, -0.1) is 0 Å². The van der Waals surface area contributed by atoms with Gasteiger partial charge in [0.25, 0.3) is 0 Å². The average Bonchev–Trinajstić information content (AvgIpc) is 3.04. The number of carbonyl (C=O) groups excluding carboxylic acids is 1. The smallest absolute Gasteiger partial charge is 0.306 e. The van der Waals surface area contributed by atoms with Crippen molar-refractivity contribution in [3.05, 3.63) is 36.5 Å². The Labute approximate surface area is 286 Å². The fourth-order valence-corrected chi connectivity index (χ4v) is 5.86. The van der Waals surface area contributed by atoms with Crippen LogP contribution in [0.5, 0.6) is 0 Å². The van der Waals surface area contributed by atoms with Crippen molar-refractivity contribution < 1.29 is 19.4 Å². The van der Waals surface area contributed by atoms with Crippen molar-refractivity contribution in [3.63, 3.8) is 0 Å². The van der Waals surface area contributed by atoms with Crippen LogP contribution in [0, 0.1) is 0 Å². The Balaban J connectivity index is 4.05. The first-order valence-electron chi connectivity index (χ1n) is 20.0.